The maximum Gasteiger partial charge on any atom is 0.221 e. The van der Waals surface area contributed by atoms with E-state index in [2.05, 4.69) is 52.7 Å². The highest BCUT2D eigenvalue weighted by atomic mass is 16.2. The Morgan fingerprint density at radius 2 is 1.90 bits per heavy atom. The first-order valence-electron chi connectivity index (χ1n) is 11.0. The van der Waals surface area contributed by atoms with Crippen molar-refractivity contribution in [2.45, 2.75) is 51.1 Å². The van der Waals surface area contributed by atoms with E-state index in [0.29, 0.717) is 18.9 Å². The number of fused-ring (bicyclic) bond motifs is 1. The second-order valence-electron chi connectivity index (χ2n) is 8.71. The SMILES string of the molecule is NC(=O)C1CCCN(Cc2cccc(CNC(=O)CC3CCc4ccccc43)c2)C1. The van der Waals surface area contributed by atoms with Gasteiger partial charge in [0.1, 0.15) is 0 Å². The predicted octanol–water partition coefficient (Wildman–Crippen LogP) is 3.12. The molecular formula is C25H31N3O2. The Morgan fingerprint density at radius 3 is 2.77 bits per heavy atom. The maximum atomic E-state index is 12.5. The van der Waals surface area contributed by atoms with E-state index in [4.69, 9.17) is 5.73 Å². The number of hydrogen-bond acceptors (Lipinski definition) is 3. The van der Waals surface area contributed by atoms with Gasteiger partial charge in [-0.1, -0.05) is 48.5 Å². The van der Waals surface area contributed by atoms with E-state index in [9.17, 15) is 9.59 Å². The fourth-order valence-electron chi connectivity index (χ4n) is 4.88. The molecule has 0 bridgehead atoms. The van der Waals surface area contributed by atoms with Crippen molar-refractivity contribution in [1.82, 2.24) is 10.2 Å². The second kappa shape index (κ2) is 9.43. The lowest BCUT2D eigenvalue weighted by Gasteiger charge is -2.31. The first-order valence-corrected chi connectivity index (χ1v) is 11.0. The quantitative estimate of drug-likeness (QED) is 0.743. The Hall–Kier alpha value is -2.66. The first-order chi connectivity index (χ1) is 14.6. The molecule has 2 aromatic rings. The summed E-state index contributed by atoms with van der Waals surface area (Å²) in [6, 6.07) is 16.8. The summed E-state index contributed by atoms with van der Waals surface area (Å²) in [4.78, 5) is 26.3. The van der Waals surface area contributed by atoms with Crippen LogP contribution in [-0.4, -0.2) is 29.8 Å². The number of carbonyl (C=O) groups is 2. The van der Waals surface area contributed by atoms with Crippen LogP contribution in [0, 0.1) is 5.92 Å². The molecule has 1 aliphatic carbocycles. The van der Waals surface area contributed by atoms with Crippen LogP contribution in [0.5, 0.6) is 0 Å². The minimum absolute atomic E-state index is 0.0399. The molecule has 0 aromatic heterocycles. The molecule has 2 unspecified atom stereocenters. The van der Waals surface area contributed by atoms with Gasteiger partial charge in [0, 0.05) is 26.1 Å². The lowest BCUT2D eigenvalue weighted by molar-refractivity contribution is -0.123. The minimum Gasteiger partial charge on any atom is -0.369 e. The van der Waals surface area contributed by atoms with E-state index in [0.717, 1.165) is 50.9 Å². The van der Waals surface area contributed by atoms with E-state index in [1.165, 1.54) is 16.7 Å². The van der Waals surface area contributed by atoms with Gasteiger partial charge in [-0.3, -0.25) is 14.5 Å². The van der Waals surface area contributed by atoms with E-state index in [1.54, 1.807) is 0 Å². The maximum absolute atomic E-state index is 12.5. The number of primary amides is 1. The van der Waals surface area contributed by atoms with Crippen molar-refractivity contribution in [3.63, 3.8) is 0 Å². The summed E-state index contributed by atoms with van der Waals surface area (Å²) < 4.78 is 0. The molecular weight excluding hydrogens is 374 g/mol. The molecule has 0 spiro atoms. The molecule has 0 radical (unpaired) electrons. The molecule has 1 heterocycles. The van der Waals surface area contributed by atoms with Gasteiger partial charge in [-0.25, -0.2) is 0 Å². The van der Waals surface area contributed by atoms with Gasteiger partial charge in [-0.15, -0.1) is 0 Å². The third-order valence-corrected chi connectivity index (χ3v) is 6.48. The number of benzene rings is 2. The highest BCUT2D eigenvalue weighted by Gasteiger charge is 2.25. The molecule has 5 heteroatoms. The summed E-state index contributed by atoms with van der Waals surface area (Å²) in [5.41, 5.74) is 10.5. The van der Waals surface area contributed by atoms with Gasteiger partial charge in [0.2, 0.25) is 11.8 Å². The van der Waals surface area contributed by atoms with Crippen molar-refractivity contribution in [2.24, 2.45) is 11.7 Å². The molecule has 0 saturated carbocycles. The number of rotatable bonds is 7. The van der Waals surface area contributed by atoms with Crippen molar-refractivity contribution in [1.29, 1.82) is 0 Å². The number of likely N-dealkylation sites (tertiary alicyclic amines) is 1. The van der Waals surface area contributed by atoms with E-state index in [-0.39, 0.29) is 17.7 Å². The molecule has 2 aliphatic rings. The molecule has 3 N–H and O–H groups in total. The smallest absolute Gasteiger partial charge is 0.221 e. The van der Waals surface area contributed by atoms with Crippen molar-refractivity contribution in [2.75, 3.05) is 13.1 Å². The minimum atomic E-state index is -0.193. The molecule has 5 nitrogen and oxygen atoms in total. The number of piperidine rings is 1. The van der Waals surface area contributed by atoms with Crippen molar-refractivity contribution in [3.05, 3.63) is 70.8 Å². The Labute approximate surface area is 178 Å². The molecule has 2 aromatic carbocycles. The van der Waals surface area contributed by atoms with Gasteiger partial charge in [0.05, 0.1) is 5.92 Å². The molecule has 1 fully saturated rings. The van der Waals surface area contributed by atoms with E-state index >= 15 is 0 Å². The summed E-state index contributed by atoms with van der Waals surface area (Å²) in [5.74, 6) is 0.218. The zero-order chi connectivity index (χ0) is 20.9. The Kier molecular flexibility index (Phi) is 6.48. The van der Waals surface area contributed by atoms with Crippen LogP contribution in [0.4, 0.5) is 0 Å². The highest BCUT2D eigenvalue weighted by Crippen LogP contribution is 2.35. The lowest BCUT2D eigenvalue weighted by Crippen LogP contribution is -2.40. The number of amides is 2. The number of hydrogen-bond donors (Lipinski definition) is 2. The van der Waals surface area contributed by atoms with Crippen LogP contribution in [0.1, 0.15) is 53.9 Å². The first kappa shape index (κ1) is 20.6. The van der Waals surface area contributed by atoms with E-state index < -0.39 is 0 Å². The zero-order valence-electron chi connectivity index (χ0n) is 17.5. The van der Waals surface area contributed by atoms with Gasteiger partial charge in [0.25, 0.3) is 0 Å². The van der Waals surface area contributed by atoms with Gasteiger partial charge >= 0.3 is 0 Å². The zero-order valence-corrected chi connectivity index (χ0v) is 17.5. The Balaban J connectivity index is 1.28. The number of aryl methyl sites for hydroxylation is 1. The van der Waals surface area contributed by atoms with Crippen molar-refractivity contribution < 1.29 is 9.59 Å². The summed E-state index contributed by atoms with van der Waals surface area (Å²) in [5, 5.41) is 3.10. The highest BCUT2D eigenvalue weighted by molar-refractivity contribution is 5.77. The number of nitrogens with two attached hydrogens (primary N) is 1. The van der Waals surface area contributed by atoms with Gasteiger partial charge in [-0.2, -0.15) is 0 Å². The van der Waals surface area contributed by atoms with Crippen LogP contribution in [0.3, 0.4) is 0 Å². The predicted molar refractivity (Wildman–Crippen MR) is 118 cm³/mol. The third kappa shape index (κ3) is 5.08. The van der Waals surface area contributed by atoms with Gasteiger partial charge < -0.3 is 11.1 Å². The van der Waals surface area contributed by atoms with Crippen LogP contribution in [0.15, 0.2) is 48.5 Å². The van der Waals surface area contributed by atoms with Gasteiger partial charge in [0.15, 0.2) is 0 Å². The summed E-state index contributed by atoms with van der Waals surface area (Å²) in [6.07, 6.45) is 4.59. The molecule has 4 rings (SSSR count). The van der Waals surface area contributed by atoms with Crippen LogP contribution >= 0.6 is 0 Å². The van der Waals surface area contributed by atoms with Gasteiger partial charge in [-0.05, 0) is 60.4 Å². The molecule has 1 saturated heterocycles. The fourth-order valence-corrected chi connectivity index (χ4v) is 4.88. The molecule has 30 heavy (non-hydrogen) atoms. The fraction of sp³-hybridized carbons (Fsp3) is 0.440. The number of nitrogens with one attached hydrogen (secondary N) is 1. The number of carbonyl (C=O) groups excluding carboxylic acids is 2. The van der Waals surface area contributed by atoms with Crippen LogP contribution in [-0.2, 0) is 29.1 Å². The molecule has 2 amide bonds. The molecule has 1 aliphatic heterocycles. The second-order valence-corrected chi connectivity index (χ2v) is 8.71. The van der Waals surface area contributed by atoms with Crippen molar-refractivity contribution in [3.8, 4) is 0 Å². The third-order valence-electron chi connectivity index (χ3n) is 6.48. The van der Waals surface area contributed by atoms with Crippen LogP contribution < -0.4 is 11.1 Å². The average Bonchev–Trinajstić information content (AvgIpc) is 3.16. The summed E-state index contributed by atoms with van der Waals surface area (Å²) in [7, 11) is 0. The van der Waals surface area contributed by atoms with Crippen LogP contribution in [0.25, 0.3) is 0 Å². The van der Waals surface area contributed by atoms with Crippen LogP contribution in [0.2, 0.25) is 0 Å². The molecule has 2 atom stereocenters. The van der Waals surface area contributed by atoms with Crippen molar-refractivity contribution >= 4 is 11.8 Å². The standard InChI is InChI=1S/C25H31N3O2/c26-25(30)22-8-4-12-28(17-22)16-19-6-3-5-18(13-19)15-27-24(29)14-21-11-10-20-7-1-2-9-23(20)21/h1-3,5-7,9,13,21-22H,4,8,10-12,14-17H2,(H2,26,30)(H,27,29). The lowest BCUT2D eigenvalue weighted by atomic mass is 9.97. The average molecular weight is 406 g/mol. The molecule has 158 valence electrons. The largest absolute Gasteiger partial charge is 0.369 e. The number of nitrogens with zero attached hydrogens (tertiary/aromatic N) is 1. The summed E-state index contributed by atoms with van der Waals surface area (Å²) in [6.45, 7) is 3.09. The summed E-state index contributed by atoms with van der Waals surface area (Å²) >= 11 is 0. The monoisotopic (exact) mass is 405 g/mol. The van der Waals surface area contributed by atoms with E-state index in [1.807, 2.05) is 6.07 Å². The normalized spacial score (nSPS) is 21.2. The Bertz CT molecular complexity index is 911. The topological polar surface area (TPSA) is 75.4 Å². The Morgan fingerprint density at radius 1 is 1.07 bits per heavy atom.